The molecule has 4 rings (SSSR count). The lowest BCUT2D eigenvalue weighted by atomic mass is 10.1. The zero-order valence-corrected chi connectivity index (χ0v) is 17.8. The fraction of sp³-hybridized carbons (Fsp3) is 0.120. The summed E-state index contributed by atoms with van der Waals surface area (Å²) in [4.78, 5) is 55.1. The molecule has 1 heterocycles. The molecule has 8 heteroatoms. The highest BCUT2D eigenvalue weighted by Gasteiger charge is 2.37. The van der Waals surface area contributed by atoms with E-state index in [9.17, 15) is 24.3 Å². The fourth-order valence-corrected chi connectivity index (χ4v) is 3.62. The summed E-state index contributed by atoms with van der Waals surface area (Å²) in [6.07, 6.45) is 0. The lowest BCUT2D eigenvalue weighted by Crippen LogP contribution is -2.47. The van der Waals surface area contributed by atoms with Gasteiger partial charge in [-0.05, 0) is 36.4 Å². The number of anilines is 2. The third kappa shape index (κ3) is 4.31. The molecule has 4 amide bonds. The van der Waals surface area contributed by atoms with Gasteiger partial charge in [0.25, 0.3) is 11.8 Å². The molecule has 0 aromatic heterocycles. The Kier molecular flexibility index (Phi) is 5.91. The summed E-state index contributed by atoms with van der Waals surface area (Å²) in [5, 5.41) is 9.90. The van der Waals surface area contributed by atoms with Gasteiger partial charge >= 0.3 is 0 Å². The van der Waals surface area contributed by atoms with E-state index in [4.69, 9.17) is 0 Å². The normalized spacial score (nSPS) is 12.5. The van der Waals surface area contributed by atoms with Crippen molar-refractivity contribution in [3.8, 4) is 5.75 Å². The van der Waals surface area contributed by atoms with Crippen LogP contribution in [0, 0.1) is 0 Å². The first kappa shape index (κ1) is 21.8. The van der Waals surface area contributed by atoms with Crippen LogP contribution in [0.2, 0.25) is 0 Å². The Balaban J connectivity index is 1.59. The van der Waals surface area contributed by atoms with Crippen molar-refractivity contribution in [3.05, 3.63) is 90.0 Å². The van der Waals surface area contributed by atoms with Crippen molar-refractivity contribution >= 4 is 35.0 Å². The van der Waals surface area contributed by atoms with Crippen LogP contribution in [0.5, 0.6) is 5.75 Å². The van der Waals surface area contributed by atoms with Gasteiger partial charge in [0.15, 0.2) is 0 Å². The topological polar surface area (TPSA) is 98.2 Å². The Morgan fingerprint density at radius 3 is 1.97 bits per heavy atom. The van der Waals surface area contributed by atoms with E-state index in [0.717, 1.165) is 9.80 Å². The first-order chi connectivity index (χ1) is 15.9. The Labute approximate surface area is 190 Å². The number of phenols is 1. The molecule has 0 radical (unpaired) electrons. The summed E-state index contributed by atoms with van der Waals surface area (Å²) in [6, 6.07) is 21.2. The molecule has 0 fully saturated rings. The summed E-state index contributed by atoms with van der Waals surface area (Å²) >= 11 is 0. The molecule has 1 N–H and O–H groups in total. The average Bonchev–Trinajstić information content (AvgIpc) is 3.07. The molecule has 0 saturated carbocycles. The number of phenolic OH excluding ortho intramolecular Hbond substituents is 1. The van der Waals surface area contributed by atoms with Gasteiger partial charge in [-0.3, -0.25) is 24.1 Å². The smallest absolute Gasteiger partial charge is 0.262 e. The zero-order chi connectivity index (χ0) is 23.5. The minimum atomic E-state index is -0.634. The number of benzene rings is 3. The number of carbonyl (C=O) groups is 4. The van der Waals surface area contributed by atoms with E-state index < -0.39 is 24.3 Å². The molecule has 166 valence electrons. The van der Waals surface area contributed by atoms with Crippen LogP contribution in [0.25, 0.3) is 0 Å². The van der Waals surface area contributed by atoms with Crippen LogP contribution in [0.1, 0.15) is 20.7 Å². The second-order valence-electron chi connectivity index (χ2n) is 7.53. The van der Waals surface area contributed by atoms with Crippen LogP contribution in [-0.4, -0.2) is 53.8 Å². The minimum absolute atomic E-state index is 0.0881. The van der Waals surface area contributed by atoms with E-state index in [2.05, 4.69) is 0 Å². The number of nitrogens with zero attached hydrogens (tertiary/aromatic N) is 3. The Bertz CT molecular complexity index is 1210. The van der Waals surface area contributed by atoms with E-state index in [1.807, 2.05) is 6.07 Å². The first-order valence-electron chi connectivity index (χ1n) is 10.2. The van der Waals surface area contributed by atoms with E-state index >= 15 is 0 Å². The predicted octanol–water partition coefficient (Wildman–Crippen LogP) is 2.68. The quantitative estimate of drug-likeness (QED) is 0.591. The fourth-order valence-electron chi connectivity index (χ4n) is 3.62. The summed E-state index contributed by atoms with van der Waals surface area (Å²) in [5.41, 5.74) is 1.38. The van der Waals surface area contributed by atoms with Crippen LogP contribution < -0.4 is 9.80 Å². The Hall–Kier alpha value is -4.46. The second kappa shape index (κ2) is 8.96. The number of carbonyl (C=O) groups excluding carboxylic acids is 4. The number of fused-ring (bicyclic) bond motifs is 1. The van der Waals surface area contributed by atoms with Gasteiger partial charge < -0.3 is 14.9 Å². The second-order valence-corrected chi connectivity index (χ2v) is 7.53. The first-order valence-corrected chi connectivity index (χ1v) is 10.2. The third-order valence-electron chi connectivity index (χ3n) is 5.42. The number of likely N-dealkylation sites (N-methyl/N-ethyl adjacent to an activating group) is 1. The lowest BCUT2D eigenvalue weighted by molar-refractivity contribution is -0.122. The molecule has 8 nitrogen and oxygen atoms in total. The maximum atomic E-state index is 13.3. The zero-order valence-electron chi connectivity index (χ0n) is 17.8. The summed E-state index contributed by atoms with van der Waals surface area (Å²) < 4.78 is 0. The molecular weight excluding hydrogens is 422 g/mol. The van der Waals surface area contributed by atoms with Gasteiger partial charge in [-0.15, -0.1) is 0 Å². The van der Waals surface area contributed by atoms with Crippen molar-refractivity contribution in [1.29, 1.82) is 0 Å². The van der Waals surface area contributed by atoms with Gasteiger partial charge in [-0.1, -0.05) is 36.4 Å². The molecule has 3 aromatic carbocycles. The van der Waals surface area contributed by atoms with Gasteiger partial charge in [-0.2, -0.15) is 0 Å². The molecule has 1 aliphatic rings. The highest BCUT2D eigenvalue weighted by molar-refractivity contribution is 6.23. The summed E-state index contributed by atoms with van der Waals surface area (Å²) in [6.45, 7) is -0.888. The summed E-state index contributed by atoms with van der Waals surface area (Å²) in [5.74, 6) is -2.24. The van der Waals surface area contributed by atoms with E-state index in [1.165, 1.54) is 29.2 Å². The van der Waals surface area contributed by atoms with Crippen LogP contribution in [0.4, 0.5) is 11.4 Å². The summed E-state index contributed by atoms with van der Waals surface area (Å²) in [7, 11) is 1.59. The molecule has 0 atom stereocenters. The molecule has 0 aliphatic carbocycles. The largest absolute Gasteiger partial charge is 0.508 e. The Morgan fingerprint density at radius 2 is 1.36 bits per heavy atom. The molecule has 3 aromatic rings. The van der Waals surface area contributed by atoms with E-state index in [-0.39, 0.29) is 35.0 Å². The van der Waals surface area contributed by atoms with E-state index in [0.29, 0.717) is 5.69 Å². The van der Waals surface area contributed by atoms with Crippen molar-refractivity contribution in [2.45, 2.75) is 0 Å². The van der Waals surface area contributed by atoms with Crippen molar-refractivity contribution in [1.82, 2.24) is 4.90 Å². The van der Waals surface area contributed by atoms with Crippen molar-refractivity contribution in [2.75, 3.05) is 29.9 Å². The maximum absolute atomic E-state index is 13.3. The number of aromatic hydroxyl groups is 1. The Morgan fingerprint density at radius 1 is 0.788 bits per heavy atom. The van der Waals surface area contributed by atoms with Crippen LogP contribution in [0.3, 0.4) is 0 Å². The molecule has 1 aliphatic heterocycles. The van der Waals surface area contributed by atoms with Crippen LogP contribution in [0.15, 0.2) is 78.9 Å². The minimum Gasteiger partial charge on any atom is -0.508 e. The van der Waals surface area contributed by atoms with Gasteiger partial charge in [0.1, 0.15) is 18.8 Å². The molecule has 0 bridgehead atoms. The van der Waals surface area contributed by atoms with Crippen molar-refractivity contribution < 1.29 is 24.3 Å². The maximum Gasteiger partial charge on any atom is 0.262 e. The lowest BCUT2D eigenvalue weighted by Gasteiger charge is -2.27. The highest BCUT2D eigenvalue weighted by atomic mass is 16.3. The van der Waals surface area contributed by atoms with E-state index in [1.54, 1.807) is 55.6 Å². The van der Waals surface area contributed by atoms with Crippen LogP contribution >= 0.6 is 0 Å². The highest BCUT2D eigenvalue weighted by Crippen LogP contribution is 2.25. The molecular formula is C25H21N3O5. The number of para-hydroxylation sites is 1. The van der Waals surface area contributed by atoms with Gasteiger partial charge in [0, 0.05) is 24.5 Å². The number of imide groups is 1. The number of hydrogen-bond donors (Lipinski definition) is 1. The SMILES string of the molecule is CN(C(=O)CN(C(=O)CN1C(=O)c2ccccc2C1=O)c1cccc(O)c1)c1ccccc1. The molecule has 0 spiro atoms. The van der Waals surface area contributed by atoms with Crippen molar-refractivity contribution in [3.63, 3.8) is 0 Å². The average molecular weight is 443 g/mol. The van der Waals surface area contributed by atoms with Gasteiger partial charge in [0.2, 0.25) is 11.8 Å². The van der Waals surface area contributed by atoms with Gasteiger partial charge in [-0.25, -0.2) is 0 Å². The molecule has 0 unspecified atom stereocenters. The molecule has 0 saturated heterocycles. The van der Waals surface area contributed by atoms with Gasteiger partial charge in [0.05, 0.1) is 11.1 Å². The number of hydrogen-bond acceptors (Lipinski definition) is 5. The monoisotopic (exact) mass is 443 g/mol. The van der Waals surface area contributed by atoms with Crippen molar-refractivity contribution in [2.24, 2.45) is 0 Å². The molecule has 33 heavy (non-hydrogen) atoms. The third-order valence-corrected chi connectivity index (χ3v) is 5.42. The number of rotatable bonds is 6. The van der Waals surface area contributed by atoms with Crippen LogP contribution in [-0.2, 0) is 9.59 Å². The number of amides is 4. The predicted molar refractivity (Wildman–Crippen MR) is 122 cm³/mol. The standard InChI is InChI=1S/C25H21N3O5/c1-26(17-8-3-2-4-9-17)22(30)15-27(18-10-7-11-19(29)14-18)23(31)16-28-24(32)20-12-5-6-13-21(20)25(28)33/h2-14,29H,15-16H2,1H3.